The first-order chi connectivity index (χ1) is 13.7. The second-order valence-electron chi connectivity index (χ2n) is 7.10. The van der Waals surface area contributed by atoms with E-state index in [1.807, 2.05) is 19.2 Å². The van der Waals surface area contributed by atoms with Crippen molar-refractivity contribution >= 4 is 5.96 Å². The summed E-state index contributed by atoms with van der Waals surface area (Å²) in [4.78, 5) is 6.83. The van der Waals surface area contributed by atoms with Crippen molar-refractivity contribution < 1.29 is 14.2 Å². The second-order valence-corrected chi connectivity index (χ2v) is 7.10. The van der Waals surface area contributed by atoms with Crippen LogP contribution in [0.4, 0.5) is 0 Å². The number of methoxy groups -OCH3 is 3. The van der Waals surface area contributed by atoms with Crippen LogP contribution in [0.1, 0.15) is 18.4 Å². The van der Waals surface area contributed by atoms with Crippen LogP contribution < -0.4 is 20.1 Å². The molecule has 7 nitrogen and oxygen atoms in total. The van der Waals surface area contributed by atoms with E-state index in [1.54, 1.807) is 21.3 Å². The molecule has 2 N–H and O–H groups in total. The third-order valence-corrected chi connectivity index (χ3v) is 5.25. The summed E-state index contributed by atoms with van der Waals surface area (Å²) in [6.45, 7) is 5.94. The Morgan fingerprint density at radius 2 is 1.86 bits per heavy atom. The molecule has 0 aliphatic carbocycles. The molecule has 158 valence electrons. The number of nitrogens with one attached hydrogen (secondary N) is 2. The van der Waals surface area contributed by atoms with Crippen molar-refractivity contribution in [1.82, 2.24) is 15.5 Å². The molecule has 0 aromatic heterocycles. The third kappa shape index (κ3) is 7.20. The van der Waals surface area contributed by atoms with E-state index < -0.39 is 0 Å². The standard InChI is InChI=1S/C21H36N4O3/c1-22-21(24-16-18-8-11-25(12-9-18)13-14-26-2)23-10-7-17-5-6-19(27-3)20(15-17)28-4/h5-6,15,18H,7-14,16H2,1-4H3,(H2,22,23,24). The van der Waals surface area contributed by atoms with Gasteiger partial charge in [0.15, 0.2) is 17.5 Å². The number of ether oxygens (including phenoxy) is 3. The molecule has 0 saturated carbocycles. The highest BCUT2D eigenvalue weighted by Crippen LogP contribution is 2.27. The van der Waals surface area contributed by atoms with Gasteiger partial charge in [0.2, 0.25) is 0 Å². The molecule has 1 aliphatic heterocycles. The molecule has 0 amide bonds. The zero-order valence-corrected chi connectivity index (χ0v) is 17.8. The summed E-state index contributed by atoms with van der Waals surface area (Å²) in [7, 11) is 6.89. The van der Waals surface area contributed by atoms with Crippen molar-refractivity contribution in [2.45, 2.75) is 19.3 Å². The fraction of sp³-hybridized carbons (Fsp3) is 0.667. The van der Waals surface area contributed by atoms with Gasteiger partial charge in [-0.1, -0.05) is 6.07 Å². The van der Waals surface area contributed by atoms with Gasteiger partial charge in [0.05, 0.1) is 20.8 Å². The number of aliphatic imine (C=N–C) groups is 1. The predicted octanol–water partition coefficient (Wildman–Crippen LogP) is 1.77. The van der Waals surface area contributed by atoms with Crippen LogP contribution in [-0.2, 0) is 11.2 Å². The summed E-state index contributed by atoms with van der Waals surface area (Å²) in [5, 5.41) is 6.88. The van der Waals surface area contributed by atoms with E-state index in [4.69, 9.17) is 14.2 Å². The van der Waals surface area contributed by atoms with Gasteiger partial charge in [0, 0.05) is 33.8 Å². The van der Waals surface area contributed by atoms with Gasteiger partial charge in [-0.15, -0.1) is 0 Å². The topological polar surface area (TPSA) is 67.4 Å². The van der Waals surface area contributed by atoms with Crippen LogP contribution in [0.2, 0.25) is 0 Å². The largest absolute Gasteiger partial charge is 0.493 e. The molecule has 1 fully saturated rings. The third-order valence-electron chi connectivity index (χ3n) is 5.25. The molecule has 1 aromatic carbocycles. The van der Waals surface area contributed by atoms with Gasteiger partial charge in [-0.2, -0.15) is 0 Å². The molecule has 0 spiro atoms. The number of piperidine rings is 1. The van der Waals surface area contributed by atoms with Gasteiger partial charge in [0.1, 0.15) is 0 Å². The van der Waals surface area contributed by atoms with E-state index in [0.29, 0.717) is 5.92 Å². The molecule has 1 aromatic rings. The van der Waals surface area contributed by atoms with Crippen molar-refractivity contribution in [3.8, 4) is 11.5 Å². The first-order valence-electron chi connectivity index (χ1n) is 10.1. The maximum Gasteiger partial charge on any atom is 0.190 e. The Morgan fingerprint density at radius 3 is 2.50 bits per heavy atom. The molecule has 1 aliphatic rings. The molecule has 2 rings (SSSR count). The van der Waals surface area contributed by atoms with Gasteiger partial charge >= 0.3 is 0 Å². The summed E-state index contributed by atoms with van der Waals surface area (Å²) in [5.41, 5.74) is 1.20. The lowest BCUT2D eigenvalue weighted by Crippen LogP contribution is -2.43. The lowest BCUT2D eigenvalue weighted by Gasteiger charge is -2.32. The highest BCUT2D eigenvalue weighted by atomic mass is 16.5. The van der Waals surface area contributed by atoms with E-state index in [1.165, 1.54) is 18.4 Å². The number of hydrogen-bond acceptors (Lipinski definition) is 5. The smallest absolute Gasteiger partial charge is 0.190 e. The minimum absolute atomic E-state index is 0.697. The number of likely N-dealkylation sites (tertiary alicyclic amines) is 1. The lowest BCUT2D eigenvalue weighted by atomic mass is 9.97. The van der Waals surface area contributed by atoms with Crippen LogP contribution in [0.25, 0.3) is 0 Å². The SMILES string of the molecule is CN=C(NCCc1ccc(OC)c(OC)c1)NCC1CCN(CCOC)CC1. The zero-order valence-electron chi connectivity index (χ0n) is 17.8. The molecule has 1 heterocycles. The van der Waals surface area contributed by atoms with Gasteiger partial charge in [0.25, 0.3) is 0 Å². The number of hydrogen-bond donors (Lipinski definition) is 2. The number of rotatable bonds is 10. The van der Waals surface area contributed by atoms with Gasteiger partial charge in [-0.05, 0) is 56.0 Å². The fourth-order valence-electron chi connectivity index (χ4n) is 3.46. The van der Waals surface area contributed by atoms with Crippen LogP contribution in [0.15, 0.2) is 23.2 Å². The highest BCUT2D eigenvalue weighted by molar-refractivity contribution is 5.79. The van der Waals surface area contributed by atoms with Crippen LogP contribution in [0.3, 0.4) is 0 Å². The monoisotopic (exact) mass is 392 g/mol. The van der Waals surface area contributed by atoms with E-state index in [0.717, 1.165) is 63.2 Å². The zero-order chi connectivity index (χ0) is 20.2. The number of nitrogens with zero attached hydrogens (tertiary/aromatic N) is 2. The summed E-state index contributed by atoms with van der Waals surface area (Å²) < 4.78 is 15.8. The Labute approximate surface area is 169 Å². The summed E-state index contributed by atoms with van der Waals surface area (Å²) in [6, 6.07) is 6.03. The second kappa shape index (κ2) is 12.5. The van der Waals surface area contributed by atoms with Crippen LogP contribution in [-0.4, -0.2) is 78.6 Å². The Balaban J connectivity index is 1.68. The Kier molecular flexibility index (Phi) is 9.93. The molecular formula is C21H36N4O3. The van der Waals surface area contributed by atoms with Crippen molar-refractivity contribution in [2.75, 3.05) is 67.7 Å². The quantitative estimate of drug-likeness (QED) is 0.467. The van der Waals surface area contributed by atoms with Crippen molar-refractivity contribution in [3.63, 3.8) is 0 Å². The lowest BCUT2D eigenvalue weighted by molar-refractivity contribution is 0.121. The molecule has 28 heavy (non-hydrogen) atoms. The minimum Gasteiger partial charge on any atom is -0.493 e. The first kappa shape index (κ1) is 22.3. The first-order valence-corrected chi connectivity index (χ1v) is 10.1. The van der Waals surface area contributed by atoms with Gasteiger partial charge in [-0.25, -0.2) is 0 Å². The van der Waals surface area contributed by atoms with Crippen LogP contribution in [0.5, 0.6) is 11.5 Å². The predicted molar refractivity (Wildman–Crippen MR) is 114 cm³/mol. The Hall–Kier alpha value is -1.99. The van der Waals surface area contributed by atoms with Gasteiger partial charge < -0.3 is 29.7 Å². The van der Waals surface area contributed by atoms with Crippen LogP contribution >= 0.6 is 0 Å². The summed E-state index contributed by atoms with van der Waals surface area (Å²) >= 11 is 0. The van der Waals surface area contributed by atoms with Crippen molar-refractivity contribution in [1.29, 1.82) is 0 Å². The summed E-state index contributed by atoms with van der Waals surface area (Å²) in [5.74, 6) is 3.08. The molecule has 0 unspecified atom stereocenters. The molecule has 0 atom stereocenters. The van der Waals surface area contributed by atoms with E-state index in [2.05, 4.69) is 26.6 Å². The molecule has 1 saturated heterocycles. The number of guanidine groups is 1. The highest BCUT2D eigenvalue weighted by Gasteiger charge is 2.18. The maximum absolute atomic E-state index is 5.37. The maximum atomic E-state index is 5.37. The van der Waals surface area contributed by atoms with Crippen molar-refractivity contribution in [2.24, 2.45) is 10.9 Å². The van der Waals surface area contributed by atoms with E-state index in [9.17, 15) is 0 Å². The molecule has 0 bridgehead atoms. The van der Waals surface area contributed by atoms with Gasteiger partial charge in [-0.3, -0.25) is 4.99 Å². The average molecular weight is 393 g/mol. The van der Waals surface area contributed by atoms with Crippen LogP contribution in [0, 0.1) is 5.92 Å². The number of benzene rings is 1. The minimum atomic E-state index is 0.697. The average Bonchev–Trinajstić information content (AvgIpc) is 2.75. The van der Waals surface area contributed by atoms with E-state index in [-0.39, 0.29) is 0 Å². The molecule has 7 heteroatoms. The molecule has 0 radical (unpaired) electrons. The normalized spacial score (nSPS) is 16.1. The van der Waals surface area contributed by atoms with E-state index >= 15 is 0 Å². The van der Waals surface area contributed by atoms with Crippen molar-refractivity contribution in [3.05, 3.63) is 23.8 Å². The summed E-state index contributed by atoms with van der Waals surface area (Å²) in [6.07, 6.45) is 3.33. The molecular weight excluding hydrogens is 356 g/mol. The Morgan fingerprint density at radius 1 is 1.11 bits per heavy atom. The fourth-order valence-corrected chi connectivity index (χ4v) is 3.46. The Bertz CT molecular complexity index is 601.